The molecular formula is C23H22FNO4S2. The first-order valence-corrected chi connectivity index (χ1v) is 12.4. The van der Waals surface area contributed by atoms with Crippen molar-refractivity contribution >= 4 is 33.2 Å². The number of phenols is 1. The van der Waals surface area contributed by atoms with Crippen LogP contribution in [0.5, 0.6) is 5.75 Å². The van der Waals surface area contributed by atoms with E-state index in [1.54, 1.807) is 36.0 Å². The number of aryl methyl sites for hydroxylation is 1. The first kappa shape index (κ1) is 22.8. The highest BCUT2D eigenvalue weighted by Gasteiger charge is 2.15. The zero-order valence-electron chi connectivity index (χ0n) is 16.8. The number of carbonyl (C=O) groups is 1. The molecule has 0 unspecified atom stereocenters. The van der Waals surface area contributed by atoms with E-state index < -0.39 is 9.84 Å². The van der Waals surface area contributed by atoms with Crippen LogP contribution < -0.4 is 5.32 Å². The monoisotopic (exact) mass is 459 g/mol. The van der Waals surface area contributed by atoms with Gasteiger partial charge in [-0.25, -0.2) is 12.8 Å². The van der Waals surface area contributed by atoms with Crippen molar-refractivity contribution in [3.05, 3.63) is 83.7 Å². The van der Waals surface area contributed by atoms with Gasteiger partial charge >= 0.3 is 0 Å². The molecule has 0 bridgehead atoms. The SMILES string of the molecule is CS(=O)(=O)c1cc(CC(=O)Nc2ccc(SCCc3ccc(F)cc3)cc2)ccc1O. The Hall–Kier alpha value is -2.84. The molecule has 3 aromatic carbocycles. The molecule has 0 spiro atoms. The molecule has 1 amide bonds. The molecule has 0 aliphatic rings. The van der Waals surface area contributed by atoms with Gasteiger partial charge in [0.15, 0.2) is 9.84 Å². The largest absolute Gasteiger partial charge is 0.507 e. The van der Waals surface area contributed by atoms with E-state index in [2.05, 4.69) is 5.32 Å². The fourth-order valence-corrected chi connectivity index (χ4v) is 4.64. The number of halogens is 1. The van der Waals surface area contributed by atoms with Crippen LogP contribution in [0.2, 0.25) is 0 Å². The highest BCUT2D eigenvalue weighted by Crippen LogP contribution is 2.24. The van der Waals surface area contributed by atoms with Gasteiger partial charge in [0, 0.05) is 22.6 Å². The predicted octanol–water partition coefficient (Wildman–Crippen LogP) is 4.45. The van der Waals surface area contributed by atoms with E-state index in [9.17, 15) is 22.7 Å². The van der Waals surface area contributed by atoms with Crippen molar-refractivity contribution in [3.8, 4) is 5.75 Å². The summed E-state index contributed by atoms with van der Waals surface area (Å²) in [4.78, 5) is 13.2. The summed E-state index contributed by atoms with van der Waals surface area (Å²) >= 11 is 1.67. The lowest BCUT2D eigenvalue weighted by Gasteiger charge is -2.09. The van der Waals surface area contributed by atoms with Crippen LogP contribution in [0.3, 0.4) is 0 Å². The summed E-state index contributed by atoms with van der Waals surface area (Å²) in [6.45, 7) is 0. The van der Waals surface area contributed by atoms with Crippen LogP contribution in [-0.2, 0) is 27.5 Å². The van der Waals surface area contributed by atoms with Crippen molar-refractivity contribution < 1.29 is 22.7 Å². The standard InChI is InChI=1S/C23H22FNO4S2/c1-31(28,29)22-14-17(4-11-21(22)26)15-23(27)25-19-7-9-20(10-8-19)30-13-12-16-2-5-18(24)6-3-16/h2-11,14,26H,12-13,15H2,1H3,(H,25,27). The van der Waals surface area contributed by atoms with E-state index in [0.29, 0.717) is 11.3 Å². The third-order valence-corrected chi connectivity index (χ3v) is 6.64. The summed E-state index contributed by atoms with van der Waals surface area (Å²) in [6, 6.07) is 18.0. The van der Waals surface area contributed by atoms with Crippen molar-refractivity contribution in [3.63, 3.8) is 0 Å². The van der Waals surface area contributed by atoms with E-state index >= 15 is 0 Å². The van der Waals surface area contributed by atoms with E-state index in [4.69, 9.17) is 0 Å². The van der Waals surface area contributed by atoms with E-state index in [1.165, 1.54) is 30.3 Å². The molecule has 2 N–H and O–H groups in total. The highest BCUT2D eigenvalue weighted by molar-refractivity contribution is 7.99. The Morgan fingerprint density at radius 1 is 1.00 bits per heavy atom. The highest BCUT2D eigenvalue weighted by atomic mass is 32.2. The molecule has 0 aliphatic carbocycles. The molecule has 0 aromatic heterocycles. The first-order chi connectivity index (χ1) is 14.7. The molecule has 0 saturated carbocycles. The number of nitrogens with one attached hydrogen (secondary N) is 1. The zero-order valence-corrected chi connectivity index (χ0v) is 18.5. The molecule has 8 heteroatoms. The summed E-state index contributed by atoms with van der Waals surface area (Å²) < 4.78 is 36.3. The van der Waals surface area contributed by atoms with Crippen molar-refractivity contribution in [2.45, 2.75) is 22.6 Å². The first-order valence-electron chi connectivity index (χ1n) is 9.50. The van der Waals surface area contributed by atoms with Gasteiger partial charge in [0.25, 0.3) is 0 Å². The molecular weight excluding hydrogens is 437 g/mol. The van der Waals surface area contributed by atoms with Gasteiger partial charge in [-0.1, -0.05) is 18.2 Å². The van der Waals surface area contributed by atoms with Crippen molar-refractivity contribution in [2.75, 3.05) is 17.3 Å². The van der Waals surface area contributed by atoms with Gasteiger partial charge < -0.3 is 10.4 Å². The Bertz CT molecular complexity index is 1160. The van der Waals surface area contributed by atoms with Gasteiger partial charge in [-0.05, 0) is 66.1 Å². The van der Waals surface area contributed by atoms with Gasteiger partial charge in [0.05, 0.1) is 6.42 Å². The Labute approximate surface area is 185 Å². The number of hydrogen-bond acceptors (Lipinski definition) is 5. The quantitative estimate of drug-likeness (QED) is 0.486. The number of aromatic hydroxyl groups is 1. The number of anilines is 1. The second-order valence-corrected chi connectivity index (χ2v) is 10.2. The minimum absolute atomic E-state index is 0.0169. The average molecular weight is 460 g/mol. The molecule has 0 saturated heterocycles. The van der Waals surface area contributed by atoms with Gasteiger partial charge in [-0.2, -0.15) is 0 Å². The average Bonchev–Trinajstić information content (AvgIpc) is 2.71. The number of sulfone groups is 1. The van der Waals surface area contributed by atoms with Crippen molar-refractivity contribution in [1.82, 2.24) is 0 Å². The van der Waals surface area contributed by atoms with Crippen LogP contribution in [0, 0.1) is 5.82 Å². The normalized spacial score (nSPS) is 11.3. The second kappa shape index (κ2) is 9.98. The molecule has 0 atom stereocenters. The summed E-state index contributed by atoms with van der Waals surface area (Å²) in [5.41, 5.74) is 2.20. The predicted molar refractivity (Wildman–Crippen MR) is 121 cm³/mol. The molecule has 3 rings (SSSR count). The maximum Gasteiger partial charge on any atom is 0.228 e. The maximum absolute atomic E-state index is 12.9. The van der Waals surface area contributed by atoms with Gasteiger partial charge in [-0.3, -0.25) is 4.79 Å². The number of rotatable bonds is 8. The van der Waals surface area contributed by atoms with Crippen molar-refractivity contribution in [2.24, 2.45) is 0 Å². The van der Waals surface area contributed by atoms with E-state index in [0.717, 1.165) is 28.9 Å². The number of phenolic OH excluding ortho intramolecular Hbond substituents is 1. The van der Waals surface area contributed by atoms with E-state index in [-0.39, 0.29) is 28.8 Å². The summed E-state index contributed by atoms with van der Waals surface area (Å²) in [6.07, 6.45) is 1.81. The lowest BCUT2D eigenvalue weighted by molar-refractivity contribution is -0.115. The third-order valence-electron chi connectivity index (χ3n) is 4.50. The number of thioether (sulfide) groups is 1. The fourth-order valence-electron chi connectivity index (χ4n) is 2.93. The van der Waals surface area contributed by atoms with Crippen molar-refractivity contribution in [1.29, 1.82) is 0 Å². The van der Waals surface area contributed by atoms with Gasteiger partial charge in [0.2, 0.25) is 5.91 Å². The Morgan fingerprint density at radius 2 is 1.65 bits per heavy atom. The summed E-state index contributed by atoms with van der Waals surface area (Å²) in [7, 11) is -3.58. The fraction of sp³-hybridized carbons (Fsp3) is 0.174. The Balaban J connectivity index is 1.52. The molecule has 0 heterocycles. The smallest absolute Gasteiger partial charge is 0.228 e. The summed E-state index contributed by atoms with van der Waals surface area (Å²) in [5, 5.41) is 12.5. The van der Waals surface area contributed by atoms with Gasteiger partial charge in [-0.15, -0.1) is 11.8 Å². The van der Waals surface area contributed by atoms with Crippen LogP contribution in [0.15, 0.2) is 76.5 Å². The Morgan fingerprint density at radius 3 is 2.29 bits per heavy atom. The molecule has 0 radical (unpaired) electrons. The van der Waals surface area contributed by atoms with Crippen LogP contribution in [-0.4, -0.2) is 31.4 Å². The lowest BCUT2D eigenvalue weighted by atomic mass is 10.1. The number of benzene rings is 3. The minimum Gasteiger partial charge on any atom is -0.507 e. The molecule has 3 aromatic rings. The molecule has 162 valence electrons. The Kier molecular flexibility index (Phi) is 7.35. The molecule has 0 fully saturated rings. The molecule has 0 aliphatic heterocycles. The van der Waals surface area contributed by atoms with Gasteiger partial charge in [0.1, 0.15) is 16.5 Å². The van der Waals surface area contributed by atoms with Crippen LogP contribution in [0.25, 0.3) is 0 Å². The lowest BCUT2D eigenvalue weighted by Crippen LogP contribution is -2.14. The van der Waals surface area contributed by atoms with Crippen LogP contribution in [0.4, 0.5) is 10.1 Å². The number of amides is 1. The van der Waals surface area contributed by atoms with Crippen LogP contribution in [0.1, 0.15) is 11.1 Å². The summed E-state index contributed by atoms with van der Waals surface area (Å²) in [5.74, 6) is -0.0164. The van der Waals surface area contributed by atoms with E-state index in [1.807, 2.05) is 12.1 Å². The van der Waals surface area contributed by atoms with Crippen LogP contribution >= 0.6 is 11.8 Å². The third kappa shape index (κ3) is 6.83. The minimum atomic E-state index is -3.58. The second-order valence-electron chi connectivity index (χ2n) is 7.05. The molecule has 31 heavy (non-hydrogen) atoms. The molecule has 5 nitrogen and oxygen atoms in total. The zero-order chi connectivity index (χ0) is 22.4. The topological polar surface area (TPSA) is 83.5 Å². The number of hydrogen-bond donors (Lipinski definition) is 2. The maximum atomic E-state index is 12.9. The number of carbonyl (C=O) groups excluding carboxylic acids is 1.